The predicted octanol–water partition coefficient (Wildman–Crippen LogP) is 5.48. The number of imidazole rings is 1. The lowest BCUT2D eigenvalue weighted by Crippen LogP contribution is -2.26. The summed E-state index contributed by atoms with van der Waals surface area (Å²) in [6, 6.07) is 24.7. The number of nitrogens with one attached hydrogen (secondary N) is 1. The average molecular weight is 501 g/mol. The molecule has 0 aliphatic heterocycles. The molecule has 0 radical (unpaired) electrons. The average Bonchev–Trinajstić information content (AvgIpc) is 3.54. The van der Waals surface area contributed by atoms with E-state index in [0.29, 0.717) is 24.4 Å². The van der Waals surface area contributed by atoms with Crippen molar-refractivity contribution < 1.29 is 8.78 Å². The fourth-order valence-corrected chi connectivity index (χ4v) is 4.66. The highest BCUT2D eigenvalue weighted by atomic mass is 19.3. The van der Waals surface area contributed by atoms with E-state index in [-0.39, 0.29) is 18.8 Å². The molecule has 3 aromatic carbocycles. The predicted molar refractivity (Wildman–Crippen MR) is 137 cm³/mol. The Morgan fingerprint density at radius 3 is 2.14 bits per heavy atom. The van der Waals surface area contributed by atoms with Gasteiger partial charge in [-0.3, -0.25) is 9.13 Å². The zero-order valence-corrected chi connectivity index (χ0v) is 20.3. The van der Waals surface area contributed by atoms with Crippen molar-refractivity contribution in [1.82, 2.24) is 29.8 Å². The fraction of sp³-hybridized carbons (Fsp3) is 0.214. The van der Waals surface area contributed by atoms with Gasteiger partial charge in [0.1, 0.15) is 5.69 Å². The second-order valence-corrected chi connectivity index (χ2v) is 8.80. The number of benzene rings is 3. The zero-order valence-electron chi connectivity index (χ0n) is 20.3. The second-order valence-electron chi connectivity index (χ2n) is 8.80. The lowest BCUT2D eigenvalue weighted by Gasteiger charge is -2.11. The third-order valence-corrected chi connectivity index (χ3v) is 6.37. The number of aromatic amines is 1. The molecule has 0 bridgehead atoms. The van der Waals surface area contributed by atoms with E-state index in [9.17, 15) is 13.6 Å². The number of hydrogen-bond donors (Lipinski definition) is 1. The van der Waals surface area contributed by atoms with Gasteiger partial charge in [-0.15, -0.1) is 10.2 Å². The van der Waals surface area contributed by atoms with Crippen LogP contribution in [0.2, 0.25) is 0 Å². The van der Waals surface area contributed by atoms with Crippen molar-refractivity contribution in [2.24, 2.45) is 0 Å². The number of H-pyrrole nitrogens is 1. The fourth-order valence-electron chi connectivity index (χ4n) is 4.66. The smallest absolute Gasteiger partial charge is 0.291 e. The molecule has 0 unspecified atom stereocenters. The van der Waals surface area contributed by atoms with Crippen LogP contribution in [0.4, 0.5) is 8.78 Å². The summed E-state index contributed by atoms with van der Waals surface area (Å²) in [7, 11) is 0. The van der Waals surface area contributed by atoms with Crippen LogP contribution >= 0.6 is 0 Å². The van der Waals surface area contributed by atoms with Crippen LogP contribution in [0, 0.1) is 0 Å². The van der Waals surface area contributed by atoms with Crippen LogP contribution in [0.25, 0.3) is 22.5 Å². The first-order valence-electron chi connectivity index (χ1n) is 12.1. The van der Waals surface area contributed by atoms with E-state index in [1.807, 2.05) is 85.8 Å². The van der Waals surface area contributed by atoms with E-state index >= 15 is 0 Å². The van der Waals surface area contributed by atoms with Gasteiger partial charge in [-0.2, -0.15) is 5.21 Å². The number of halogens is 2. The molecule has 5 aromatic rings. The van der Waals surface area contributed by atoms with Crippen LogP contribution in [0.3, 0.4) is 0 Å². The van der Waals surface area contributed by atoms with E-state index in [4.69, 9.17) is 0 Å². The van der Waals surface area contributed by atoms with Gasteiger partial charge in [0.25, 0.3) is 6.43 Å². The summed E-state index contributed by atoms with van der Waals surface area (Å²) in [5, 5.41) is 14.3. The molecule has 37 heavy (non-hydrogen) atoms. The van der Waals surface area contributed by atoms with Crippen molar-refractivity contribution in [1.29, 1.82) is 0 Å². The van der Waals surface area contributed by atoms with Crippen LogP contribution in [-0.4, -0.2) is 29.8 Å². The molecule has 7 nitrogen and oxygen atoms in total. The first kappa shape index (κ1) is 24.3. The minimum Gasteiger partial charge on any atom is -0.291 e. The zero-order chi connectivity index (χ0) is 25.8. The lowest BCUT2D eigenvalue weighted by molar-refractivity contribution is 0.139. The molecule has 0 aliphatic carbocycles. The largest absolute Gasteiger partial charge is 0.329 e. The molecular formula is C28H26F2N6O. The highest BCUT2D eigenvalue weighted by Crippen LogP contribution is 2.30. The highest BCUT2D eigenvalue weighted by Gasteiger charge is 2.26. The van der Waals surface area contributed by atoms with Crippen LogP contribution in [0.1, 0.15) is 42.3 Å². The molecule has 1 N–H and O–H groups in total. The van der Waals surface area contributed by atoms with E-state index in [1.165, 1.54) is 9.13 Å². The number of tetrazole rings is 1. The Balaban J connectivity index is 1.50. The molecule has 0 amide bonds. The van der Waals surface area contributed by atoms with Gasteiger partial charge in [0, 0.05) is 11.3 Å². The second kappa shape index (κ2) is 10.7. The van der Waals surface area contributed by atoms with Crippen molar-refractivity contribution in [3.63, 3.8) is 0 Å². The Bertz CT molecular complexity index is 1520. The van der Waals surface area contributed by atoms with Crippen LogP contribution in [0.15, 0.2) is 83.7 Å². The van der Waals surface area contributed by atoms with Crippen molar-refractivity contribution in [3.8, 4) is 22.5 Å². The summed E-state index contributed by atoms with van der Waals surface area (Å²) in [4.78, 5) is 13.4. The number of rotatable bonds is 9. The molecular weight excluding hydrogens is 474 g/mol. The van der Waals surface area contributed by atoms with Crippen LogP contribution in [-0.2, 0) is 19.5 Å². The van der Waals surface area contributed by atoms with Crippen molar-refractivity contribution in [3.05, 3.63) is 112 Å². The molecule has 9 heteroatoms. The molecule has 188 valence electrons. The third kappa shape index (κ3) is 4.97. The van der Waals surface area contributed by atoms with Gasteiger partial charge in [0.05, 0.1) is 13.1 Å². The quantitative estimate of drug-likeness (QED) is 0.290. The van der Waals surface area contributed by atoms with Gasteiger partial charge in [0.15, 0.2) is 0 Å². The standard InChI is InChI=1S/C28H26F2N6O/c1-2-8-24-25(26(29)30)36(18-19-9-4-3-5-10-19)28(37)35(24)17-20-13-15-21(16-14-20)22-11-6-7-12-23(22)27-31-33-34-32-27/h3-7,9-16,26H,2,8,17-18H2,1H3,(H,31,32,33,34). The van der Waals surface area contributed by atoms with Gasteiger partial charge in [-0.05, 0) is 33.9 Å². The van der Waals surface area contributed by atoms with E-state index in [2.05, 4.69) is 20.6 Å². The monoisotopic (exact) mass is 500 g/mol. The number of aromatic nitrogens is 6. The van der Waals surface area contributed by atoms with Crippen LogP contribution < -0.4 is 5.69 Å². The van der Waals surface area contributed by atoms with Crippen molar-refractivity contribution >= 4 is 0 Å². The lowest BCUT2D eigenvalue weighted by atomic mass is 9.98. The SMILES string of the molecule is CCCc1c(C(F)F)n(Cc2ccccc2)c(=O)n1Cc1ccc(-c2ccccc2-c2nn[nH]n2)cc1. The number of alkyl halides is 2. The van der Waals surface area contributed by atoms with E-state index in [0.717, 1.165) is 27.8 Å². The summed E-state index contributed by atoms with van der Waals surface area (Å²) < 4.78 is 31.2. The first-order chi connectivity index (χ1) is 18.1. The highest BCUT2D eigenvalue weighted by molar-refractivity contribution is 5.80. The molecule has 0 atom stereocenters. The summed E-state index contributed by atoms with van der Waals surface area (Å²) >= 11 is 0. The summed E-state index contributed by atoms with van der Waals surface area (Å²) in [5.41, 5.74) is 4.15. The maximum Gasteiger partial charge on any atom is 0.329 e. The molecule has 0 saturated carbocycles. The minimum absolute atomic E-state index is 0.106. The Morgan fingerprint density at radius 1 is 0.838 bits per heavy atom. The van der Waals surface area contributed by atoms with Gasteiger partial charge < -0.3 is 0 Å². The molecule has 5 rings (SSSR count). The summed E-state index contributed by atoms with van der Waals surface area (Å²) in [6.07, 6.45) is -1.70. The van der Waals surface area contributed by atoms with Gasteiger partial charge in [-0.25, -0.2) is 13.6 Å². The first-order valence-corrected chi connectivity index (χ1v) is 12.1. The number of nitrogens with zero attached hydrogens (tertiary/aromatic N) is 5. The maximum atomic E-state index is 14.3. The van der Waals surface area contributed by atoms with Crippen LogP contribution in [0.5, 0.6) is 0 Å². The molecule has 2 aromatic heterocycles. The topological polar surface area (TPSA) is 81.4 Å². The Morgan fingerprint density at radius 2 is 1.49 bits per heavy atom. The Hall–Kier alpha value is -4.40. The third-order valence-electron chi connectivity index (χ3n) is 6.37. The summed E-state index contributed by atoms with van der Waals surface area (Å²) in [5.74, 6) is 0.495. The van der Waals surface area contributed by atoms with Crippen molar-refractivity contribution in [2.75, 3.05) is 0 Å². The summed E-state index contributed by atoms with van der Waals surface area (Å²) in [6.45, 7) is 2.24. The maximum absolute atomic E-state index is 14.3. The Labute approximate surface area is 212 Å². The van der Waals surface area contributed by atoms with Gasteiger partial charge in [0.2, 0.25) is 5.82 Å². The Kier molecular flexibility index (Phi) is 7.02. The molecule has 0 aliphatic rings. The van der Waals surface area contributed by atoms with Crippen molar-refractivity contribution in [2.45, 2.75) is 39.3 Å². The molecule has 0 fully saturated rings. The van der Waals surface area contributed by atoms with Gasteiger partial charge in [-0.1, -0.05) is 92.2 Å². The molecule has 0 spiro atoms. The normalized spacial score (nSPS) is 11.4. The minimum atomic E-state index is -2.75. The van der Waals surface area contributed by atoms with E-state index in [1.54, 1.807) is 0 Å². The number of hydrogen-bond acceptors (Lipinski definition) is 4. The van der Waals surface area contributed by atoms with E-state index < -0.39 is 12.1 Å². The van der Waals surface area contributed by atoms with Gasteiger partial charge >= 0.3 is 5.69 Å². The molecule has 2 heterocycles. The molecule has 0 saturated heterocycles.